The van der Waals surface area contributed by atoms with Crippen LogP contribution in [-0.2, 0) is 9.84 Å². The summed E-state index contributed by atoms with van der Waals surface area (Å²) in [5, 5.41) is 11.5. The third kappa shape index (κ3) is 5.41. The second kappa shape index (κ2) is 10.2. The molecule has 1 N–H and O–H groups in total. The minimum atomic E-state index is -3.37. The molecule has 5 aromatic rings. The molecule has 0 aliphatic heterocycles. The van der Waals surface area contributed by atoms with Crippen LogP contribution < -0.4 is 10.7 Å². The fraction of sp³-hybridized carbons (Fsp3) is 0.172. The zero-order valence-electron chi connectivity index (χ0n) is 22.1. The topological polar surface area (TPSA) is 150 Å². The number of carbonyl (C=O) groups is 1. The molecule has 0 atom stereocenters. The van der Waals surface area contributed by atoms with Crippen molar-refractivity contribution in [2.45, 2.75) is 30.7 Å². The average molecular weight is 569 g/mol. The van der Waals surface area contributed by atoms with Crippen molar-refractivity contribution in [2.24, 2.45) is 0 Å². The van der Waals surface area contributed by atoms with E-state index in [9.17, 15) is 18.0 Å². The third-order valence-corrected chi connectivity index (χ3v) is 7.68. The van der Waals surface area contributed by atoms with Crippen LogP contribution in [0.3, 0.4) is 0 Å². The Morgan fingerprint density at radius 2 is 1.88 bits per heavy atom. The summed E-state index contributed by atoms with van der Waals surface area (Å²) < 4.78 is 30.9. The summed E-state index contributed by atoms with van der Waals surface area (Å²) >= 11 is 0. The van der Waals surface area contributed by atoms with Crippen LogP contribution in [0.15, 0.2) is 81.1 Å². The highest BCUT2D eigenvalue weighted by molar-refractivity contribution is 7.90. The maximum atomic E-state index is 13.1. The van der Waals surface area contributed by atoms with Crippen LogP contribution in [0.25, 0.3) is 28.4 Å². The lowest BCUT2D eigenvalue weighted by Gasteiger charge is -2.12. The van der Waals surface area contributed by atoms with Crippen LogP contribution in [0.4, 0.5) is 0 Å². The Kier molecular flexibility index (Phi) is 6.54. The van der Waals surface area contributed by atoms with Gasteiger partial charge in [0.15, 0.2) is 27.0 Å². The van der Waals surface area contributed by atoms with Crippen LogP contribution in [0.5, 0.6) is 0 Å². The van der Waals surface area contributed by atoms with E-state index >= 15 is 0 Å². The number of hydrogen-bond donors (Lipinski definition) is 1. The molecule has 1 aliphatic rings. The lowest BCUT2D eigenvalue weighted by Crippen LogP contribution is -2.33. The van der Waals surface area contributed by atoms with Crippen molar-refractivity contribution in [2.75, 3.05) is 6.26 Å². The maximum absolute atomic E-state index is 13.1. The minimum absolute atomic E-state index is 0.0634. The van der Waals surface area contributed by atoms with Crippen molar-refractivity contribution in [3.63, 3.8) is 0 Å². The van der Waals surface area contributed by atoms with Crippen LogP contribution in [-0.4, -0.2) is 51.5 Å². The molecule has 1 aliphatic carbocycles. The summed E-state index contributed by atoms with van der Waals surface area (Å²) in [5.41, 5.74) is 2.15. The van der Waals surface area contributed by atoms with Gasteiger partial charge in [-0.2, -0.15) is 10.1 Å². The summed E-state index contributed by atoms with van der Waals surface area (Å²) in [7, 11) is -3.37. The van der Waals surface area contributed by atoms with Crippen molar-refractivity contribution in [3.05, 3.63) is 106 Å². The molecule has 3 aromatic heterocycles. The zero-order valence-corrected chi connectivity index (χ0v) is 22.9. The van der Waals surface area contributed by atoms with Crippen molar-refractivity contribution < 1.29 is 17.7 Å². The highest BCUT2D eigenvalue weighted by Gasteiger charge is 2.27. The van der Waals surface area contributed by atoms with Crippen LogP contribution >= 0.6 is 0 Å². The number of aromatic nitrogens is 5. The first-order valence-electron chi connectivity index (χ1n) is 12.8. The Labute approximate surface area is 234 Å². The van der Waals surface area contributed by atoms with E-state index in [2.05, 4.69) is 25.5 Å². The summed E-state index contributed by atoms with van der Waals surface area (Å²) in [6.45, 7) is 1.70. The quantitative estimate of drug-likeness (QED) is 0.292. The van der Waals surface area contributed by atoms with Gasteiger partial charge in [-0.25, -0.2) is 18.1 Å². The van der Waals surface area contributed by atoms with Gasteiger partial charge in [-0.05, 0) is 73.4 Å². The second-order valence-electron chi connectivity index (χ2n) is 9.81. The van der Waals surface area contributed by atoms with E-state index in [4.69, 9.17) is 4.52 Å². The number of sulfone groups is 1. The second-order valence-corrected chi connectivity index (χ2v) is 11.8. The number of carbonyl (C=O) groups excluding carboxylic acids is 1. The van der Waals surface area contributed by atoms with E-state index in [-0.39, 0.29) is 27.9 Å². The van der Waals surface area contributed by atoms with Crippen LogP contribution in [0.1, 0.15) is 46.2 Å². The van der Waals surface area contributed by atoms with Gasteiger partial charge in [-0.1, -0.05) is 29.4 Å². The Hall–Kier alpha value is -4.97. The zero-order chi connectivity index (χ0) is 28.7. The summed E-state index contributed by atoms with van der Waals surface area (Å²) in [4.78, 5) is 34.9. The third-order valence-electron chi connectivity index (χ3n) is 6.55. The number of amides is 1. The van der Waals surface area contributed by atoms with Crippen molar-refractivity contribution in [1.82, 2.24) is 30.2 Å². The molecule has 0 spiro atoms. The van der Waals surface area contributed by atoms with Gasteiger partial charge in [-0.15, -0.1) is 0 Å². The Balaban J connectivity index is 1.47. The molecule has 1 amide bonds. The van der Waals surface area contributed by atoms with E-state index in [1.807, 2.05) is 24.3 Å². The standard InChI is InChI=1S/C29H24N6O5S/c1-17-31-29(40-34-17)24(19-8-12-22(13-9-19)41(2,38)39)16-18-5-3-6-21(15-18)35-27-23(7-4-14-30-27)26(36)25(33-35)28(37)32-20-10-11-20/h3-9,12-16,20H,10-11H2,1-2H3,(H,32,37). The molecule has 0 saturated heterocycles. The van der Waals surface area contributed by atoms with E-state index in [0.717, 1.165) is 19.1 Å². The molecule has 1 fully saturated rings. The molecule has 11 nitrogen and oxygen atoms in total. The molecular weight excluding hydrogens is 544 g/mol. The fourth-order valence-electron chi connectivity index (χ4n) is 4.34. The van der Waals surface area contributed by atoms with Gasteiger partial charge in [0.1, 0.15) is 0 Å². The monoisotopic (exact) mass is 568 g/mol. The highest BCUT2D eigenvalue weighted by atomic mass is 32.2. The lowest BCUT2D eigenvalue weighted by atomic mass is 10.0. The maximum Gasteiger partial charge on any atom is 0.276 e. The van der Waals surface area contributed by atoms with E-state index < -0.39 is 21.2 Å². The minimum Gasteiger partial charge on any atom is -0.348 e. The number of pyridine rings is 1. The number of nitrogens with one attached hydrogen (secondary N) is 1. The highest BCUT2D eigenvalue weighted by Crippen LogP contribution is 2.27. The molecule has 1 saturated carbocycles. The molecular formula is C29H24N6O5S. The first-order chi connectivity index (χ1) is 19.7. The average Bonchev–Trinajstić information content (AvgIpc) is 3.68. The first kappa shape index (κ1) is 26.3. The molecule has 206 valence electrons. The molecule has 6 rings (SSSR count). The van der Waals surface area contributed by atoms with E-state index in [1.165, 1.54) is 16.8 Å². The molecule has 0 unspecified atom stereocenters. The Bertz CT molecular complexity index is 2010. The van der Waals surface area contributed by atoms with Gasteiger partial charge in [0.2, 0.25) is 5.43 Å². The van der Waals surface area contributed by atoms with Crippen molar-refractivity contribution in [3.8, 4) is 5.69 Å². The van der Waals surface area contributed by atoms with Gasteiger partial charge in [0, 0.05) is 24.1 Å². The number of nitrogens with zero attached hydrogens (tertiary/aromatic N) is 5. The van der Waals surface area contributed by atoms with Gasteiger partial charge in [-0.3, -0.25) is 9.59 Å². The molecule has 0 bridgehead atoms. The van der Waals surface area contributed by atoms with Crippen molar-refractivity contribution >= 4 is 38.4 Å². The van der Waals surface area contributed by atoms with E-state index in [1.54, 1.807) is 43.5 Å². The number of aryl methyl sites for hydroxylation is 1. The Morgan fingerprint density at radius 1 is 1.10 bits per heavy atom. The van der Waals surface area contributed by atoms with Gasteiger partial charge in [0.25, 0.3) is 11.8 Å². The number of fused-ring (bicyclic) bond motifs is 1. The van der Waals surface area contributed by atoms with Crippen molar-refractivity contribution in [1.29, 1.82) is 0 Å². The van der Waals surface area contributed by atoms with Crippen LogP contribution in [0, 0.1) is 6.92 Å². The largest absolute Gasteiger partial charge is 0.348 e. The summed E-state index contributed by atoms with van der Waals surface area (Å²) in [6.07, 6.45) is 6.29. The number of benzene rings is 2. The number of hydrogen-bond acceptors (Lipinski definition) is 9. The molecule has 41 heavy (non-hydrogen) atoms. The van der Waals surface area contributed by atoms with Gasteiger partial charge < -0.3 is 9.84 Å². The smallest absolute Gasteiger partial charge is 0.276 e. The van der Waals surface area contributed by atoms with Crippen LogP contribution in [0.2, 0.25) is 0 Å². The summed E-state index contributed by atoms with van der Waals surface area (Å²) in [6, 6.07) is 17.0. The van der Waals surface area contributed by atoms with Gasteiger partial charge in [0.05, 0.1) is 16.0 Å². The fourth-order valence-corrected chi connectivity index (χ4v) is 4.97. The lowest BCUT2D eigenvalue weighted by molar-refractivity contribution is 0.0943. The SMILES string of the molecule is Cc1noc(C(=Cc2cccc(-n3nc(C(=O)NC4CC4)c(=O)c4cccnc43)c2)c2ccc(S(C)(=O)=O)cc2)n1. The predicted octanol–water partition coefficient (Wildman–Crippen LogP) is 3.36. The normalized spacial score (nSPS) is 13.9. The Morgan fingerprint density at radius 3 is 2.56 bits per heavy atom. The molecule has 12 heteroatoms. The van der Waals surface area contributed by atoms with E-state index in [0.29, 0.717) is 33.9 Å². The first-order valence-corrected chi connectivity index (χ1v) is 14.7. The molecule has 3 heterocycles. The number of rotatable bonds is 7. The summed E-state index contributed by atoms with van der Waals surface area (Å²) in [5.74, 6) is 0.187. The predicted molar refractivity (Wildman–Crippen MR) is 151 cm³/mol. The molecule has 2 aromatic carbocycles. The molecule has 0 radical (unpaired) electrons. The van der Waals surface area contributed by atoms with Gasteiger partial charge >= 0.3 is 0 Å².